The van der Waals surface area contributed by atoms with Crippen LogP contribution in [0.3, 0.4) is 0 Å². The number of aliphatic hydroxyl groups is 1. The molecule has 0 aromatic carbocycles. The Morgan fingerprint density at radius 2 is 1.88 bits per heavy atom. The Morgan fingerprint density at radius 1 is 1.19 bits per heavy atom. The second-order valence-corrected chi connectivity index (χ2v) is 4.69. The number of unbranched alkanes of at least 4 members (excludes halogenated alkanes) is 2. The van der Waals surface area contributed by atoms with Gasteiger partial charge in [-0.25, -0.2) is 0 Å². The van der Waals surface area contributed by atoms with Gasteiger partial charge in [-0.15, -0.1) is 0 Å². The summed E-state index contributed by atoms with van der Waals surface area (Å²) in [6, 6.07) is 0.300. The molecule has 0 unspecified atom stereocenters. The van der Waals surface area contributed by atoms with Crippen LogP contribution in [0.2, 0.25) is 0 Å². The predicted octanol–water partition coefficient (Wildman–Crippen LogP) is 0.783. The fraction of sp³-hybridized carbons (Fsp3) is 0.917. The van der Waals surface area contributed by atoms with Crippen molar-refractivity contribution in [1.29, 1.82) is 0 Å². The molecule has 16 heavy (non-hydrogen) atoms. The minimum absolute atomic E-state index is 0.178. The third kappa shape index (κ3) is 4.94. The van der Waals surface area contributed by atoms with Crippen LogP contribution in [-0.4, -0.2) is 30.2 Å². The Bertz CT molecular complexity index is 201. The Labute approximate surface area is 97.6 Å². The van der Waals surface area contributed by atoms with Gasteiger partial charge in [0.2, 0.25) is 5.91 Å². The Morgan fingerprint density at radius 3 is 2.50 bits per heavy atom. The highest BCUT2D eigenvalue weighted by atomic mass is 16.2. The largest absolute Gasteiger partial charge is 0.396 e. The van der Waals surface area contributed by atoms with Crippen molar-refractivity contribution in [1.82, 2.24) is 5.32 Å². The van der Waals surface area contributed by atoms with Gasteiger partial charge in [0.1, 0.15) is 0 Å². The predicted molar refractivity (Wildman–Crippen MR) is 63.9 cm³/mol. The molecule has 0 saturated heterocycles. The summed E-state index contributed by atoms with van der Waals surface area (Å²) in [5, 5.41) is 11.6. The van der Waals surface area contributed by atoms with Crippen molar-refractivity contribution >= 4 is 5.91 Å². The Hall–Kier alpha value is -0.610. The lowest BCUT2D eigenvalue weighted by molar-refractivity contribution is -0.126. The van der Waals surface area contributed by atoms with E-state index in [2.05, 4.69) is 5.32 Å². The van der Waals surface area contributed by atoms with E-state index in [0.717, 1.165) is 51.5 Å². The molecular formula is C12H24N2O2. The van der Waals surface area contributed by atoms with Crippen molar-refractivity contribution in [3.63, 3.8) is 0 Å². The van der Waals surface area contributed by atoms with E-state index in [9.17, 15) is 4.79 Å². The van der Waals surface area contributed by atoms with Gasteiger partial charge >= 0.3 is 0 Å². The minimum Gasteiger partial charge on any atom is -0.396 e. The molecule has 1 saturated carbocycles. The molecule has 0 atom stereocenters. The van der Waals surface area contributed by atoms with Gasteiger partial charge in [0.25, 0.3) is 0 Å². The van der Waals surface area contributed by atoms with Crippen LogP contribution >= 0.6 is 0 Å². The molecule has 1 rings (SSSR count). The molecule has 94 valence electrons. The molecule has 1 aliphatic rings. The highest BCUT2D eigenvalue weighted by molar-refractivity contribution is 5.78. The number of aliphatic hydroxyl groups excluding tert-OH is 1. The average Bonchev–Trinajstić information content (AvgIpc) is 2.29. The molecule has 0 aromatic rings. The number of hydrogen-bond donors (Lipinski definition) is 3. The van der Waals surface area contributed by atoms with Gasteiger partial charge in [0, 0.05) is 25.1 Å². The van der Waals surface area contributed by atoms with Crippen LogP contribution in [0, 0.1) is 5.92 Å². The number of amides is 1. The first-order chi connectivity index (χ1) is 7.74. The molecule has 1 aliphatic carbocycles. The second kappa shape index (κ2) is 7.63. The zero-order valence-corrected chi connectivity index (χ0v) is 9.95. The van der Waals surface area contributed by atoms with E-state index in [-0.39, 0.29) is 18.4 Å². The zero-order valence-electron chi connectivity index (χ0n) is 9.95. The van der Waals surface area contributed by atoms with Crippen molar-refractivity contribution in [3.05, 3.63) is 0 Å². The van der Waals surface area contributed by atoms with Gasteiger partial charge in [-0.3, -0.25) is 4.79 Å². The van der Waals surface area contributed by atoms with Gasteiger partial charge in [0.05, 0.1) is 0 Å². The summed E-state index contributed by atoms with van der Waals surface area (Å²) in [5.41, 5.74) is 5.80. The van der Waals surface area contributed by atoms with Crippen LogP contribution < -0.4 is 11.1 Å². The first-order valence-corrected chi connectivity index (χ1v) is 6.38. The van der Waals surface area contributed by atoms with Crippen LogP contribution in [0.5, 0.6) is 0 Å². The quantitative estimate of drug-likeness (QED) is 0.588. The van der Waals surface area contributed by atoms with Gasteiger partial charge in [-0.05, 0) is 44.9 Å². The summed E-state index contributed by atoms with van der Waals surface area (Å²) < 4.78 is 0. The van der Waals surface area contributed by atoms with Crippen LogP contribution in [0.25, 0.3) is 0 Å². The second-order valence-electron chi connectivity index (χ2n) is 4.69. The van der Waals surface area contributed by atoms with E-state index in [1.54, 1.807) is 0 Å². The van der Waals surface area contributed by atoms with E-state index in [0.29, 0.717) is 6.04 Å². The van der Waals surface area contributed by atoms with Crippen molar-refractivity contribution < 1.29 is 9.90 Å². The van der Waals surface area contributed by atoms with E-state index in [1.165, 1.54) is 0 Å². The van der Waals surface area contributed by atoms with Crippen molar-refractivity contribution in [2.24, 2.45) is 11.7 Å². The number of carbonyl (C=O) groups excluding carboxylic acids is 1. The summed E-state index contributed by atoms with van der Waals surface area (Å²) in [6.45, 7) is 0.982. The van der Waals surface area contributed by atoms with Gasteiger partial charge < -0.3 is 16.2 Å². The van der Waals surface area contributed by atoms with E-state index >= 15 is 0 Å². The summed E-state index contributed by atoms with van der Waals surface area (Å²) in [6.07, 6.45) is 6.58. The number of rotatable bonds is 6. The van der Waals surface area contributed by atoms with Crippen molar-refractivity contribution in [2.75, 3.05) is 13.2 Å². The summed E-state index contributed by atoms with van der Waals surface area (Å²) in [4.78, 5) is 11.7. The summed E-state index contributed by atoms with van der Waals surface area (Å²) in [7, 11) is 0. The fourth-order valence-electron chi connectivity index (χ4n) is 2.15. The molecule has 0 aliphatic heterocycles. The molecule has 0 heterocycles. The lowest BCUT2D eigenvalue weighted by atomic mass is 9.86. The molecule has 0 spiro atoms. The highest BCUT2D eigenvalue weighted by Crippen LogP contribution is 2.23. The molecule has 1 amide bonds. The lowest BCUT2D eigenvalue weighted by Gasteiger charge is -2.25. The summed E-state index contributed by atoms with van der Waals surface area (Å²) in [5.74, 6) is 0.369. The molecule has 4 heteroatoms. The normalized spacial score (nSPS) is 25.4. The van der Waals surface area contributed by atoms with Crippen LogP contribution in [0.15, 0.2) is 0 Å². The monoisotopic (exact) mass is 228 g/mol. The smallest absolute Gasteiger partial charge is 0.223 e. The van der Waals surface area contributed by atoms with Gasteiger partial charge in [-0.1, -0.05) is 0 Å². The molecule has 1 fully saturated rings. The standard InChI is InChI=1S/C12H24N2O2/c13-11-6-4-10(5-7-11)12(16)14-8-2-1-3-9-15/h10-11,15H,1-9,13H2,(H,14,16). The number of hydrogen-bond acceptors (Lipinski definition) is 3. The number of nitrogens with one attached hydrogen (secondary N) is 1. The highest BCUT2D eigenvalue weighted by Gasteiger charge is 2.23. The SMILES string of the molecule is NC1CCC(C(=O)NCCCCCO)CC1. The maximum absolute atomic E-state index is 11.7. The van der Waals surface area contributed by atoms with Crippen LogP contribution in [-0.2, 0) is 4.79 Å². The fourth-order valence-corrected chi connectivity index (χ4v) is 2.15. The van der Waals surface area contributed by atoms with Crippen molar-refractivity contribution in [3.8, 4) is 0 Å². The van der Waals surface area contributed by atoms with Crippen molar-refractivity contribution in [2.45, 2.75) is 51.0 Å². The topological polar surface area (TPSA) is 75.4 Å². The number of nitrogens with two attached hydrogens (primary N) is 1. The molecule has 0 bridgehead atoms. The number of carbonyl (C=O) groups is 1. The summed E-state index contributed by atoms with van der Waals surface area (Å²) >= 11 is 0. The van der Waals surface area contributed by atoms with Crippen LogP contribution in [0.1, 0.15) is 44.9 Å². The molecule has 0 radical (unpaired) electrons. The maximum atomic E-state index is 11.7. The van der Waals surface area contributed by atoms with E-state index in [4.69, 9.17) is 10.8 Å². The van der Waals surface area contributed by atoms with Gasteiger partial charge in [-0.2, -0.15) is 0 Å². The third-order valence-corrected chi connectivity index (χ3v) is 3.28. The first-order valence-electron chi connectivity index (χ1n) is 6.38. The van der Waals surface area contributed by atoms with Crippen LogP contribution in [0.4, 0.5) is 0 Å². The molecule has 4 nitrogen and oxygen atoms in total. The first kappa shape index (κ1) is 13.5. The minimum atomic E-state index is 0.178. The van der Waals surface area contributed by atoms with Gasteiger partial charge in [0.15, 0.2) is 0 Å². The Balaban J connectivity index is 2.06. The maximum Gasteiger partial charge on any atom is 0.223 e. The van der Waals surface area contributed by atoms with E-state index < -0.39 is 0 Å². The average molecular weight is 228 g/mol. The molecule has 0 aromatic heterocycles. The molecule has 4 N–H and O–H groups in total. The third-order valence-electron chi connectivity index (χ3n) is 3.28. The zero-order chi connectivity index (χ0) is 11.8. The lowest BCUT2D eigenvalue weighted by Crippen LogP contribution is -2.36. The molecular weight excluding hydrogens is 204 g/mol. The Kier molecular flexibility index (Phi) is 6.42. The van der Waals surface area contributed by atoms with E-state index in [1.807, 2.05) is 0 Å².